The summed E-state index contributed by atoms with van der Waals surface area (Å²) in [6.07, 6.45) is 0. The third-order valence-electron chi connectivity index (χ3n) is 3.76. The number of nitro benzene ring substituents is 1. The zero-order chi connectivity index (χ0) is 17.8. The van der Waals surface area contributed by atoms with Crippen molar-refractivity contribution in [3.63, 3.8) is 0 Å². The molecular formula is C19H16N2O4. The third kappa shape index (κ3) is 3.42. The van der Waals surface area contributed by atoms with Gasteiger partial charge in [0.2, 0.25) is 0 Å². The molecule has 0 radical (unpaired) electrons. The van der Waals surface area contributed by atoms with Crippen molar-refractivity contribution in [1.82, 2.24) is 0 Å². The fourth-order valence-corrected chi connectivity index (χ4v) is 2.61. The van der Waals surface area contributed by atoms with E-state index >= 15 is 0 Å². The standard InChI is InChI=1S/C19H16N2O4/c1-2-25-18-11-10-14(12-17(18)21(23)24)19(22)20-16-9-5-7-13-6-3-4-8-15(13)16/h3-12H,2H2,1H3,(H,20,22). The minimum atomic E-state index is -0.556. The summed E-state index contributed by atoms with van der Waals surface area (Å²) < 4.78 is 5.24. The lowest BCUT2D eigenvalue weighted by Crippen LogP contribution is -2.12. The van der Waals surface area contributed by atoms with Crippen molar-refractivity contribution in [3.05, 3.63) is 76.3 Å². The molecule has 0 saturated heterocycles. The second-order valence-electron chi connectivity index (χ2n) is 5.35. The maximum Gasteiger partial charge on any atom is 0.311 e. The highest BCUT2D eigenvalue weighted by Crippen LogP contribution is 2.29. The van der Waals surface area contributed by atoms with Gasteiger partial charge >= 0.3 is 5.69 Å². The van der Waals surface area contributed by atoms with Gasteiger partial charge in [0.15, 0.2) is 5.75 Å². The van der Waals surface area contributed by atoms with E-state index in [2.05, 4.69) is 5.32 Å². The van der Waals surface area contributed by atoms with Gasteiger partial charge in [-0.15, -0.1) is 0 Å². The smallest absolute Gasteiger partial charge is 0.311 e. The Morgan fingerprint density at radius 3 is 2.64 bits per heavy atom. The number of anilines is 1. The first kappa shape index (κ1) is 16.4. The number of nitrogens with one attached hydrogen (secondary N) is 1. The quantitative estimate of drug-likeness (QED) is 0.553. The van der Waals surface area contributed by atoms with E-state index in [0.29, 0.717) is 12.3 Å². The average molecular weight is 336 g/mol. The topological polar surface area (TPSA) is 81.5 Å². The van der Waals surface area contributed by atoms with Crippen molar-refractivity contribution in [2.45, 2.75) is 6.92 Å². The average Bonchev–Trinajstić information content (AvgIpc) is 2.62. The van der Waals surface area contributed by atoms with Gasteiger partial charge in [0.25, 0.3) is 5.91 Å². The molecule has 0 aliphatic rings. The van der Waals surface area contributed by atoms with E-state index in [-0.39, 0.29) is 17.0 Å². The first-order valence-corrected chi connectivity index (χ1v) is 7.80. The number of benzene rings is 3. The van der Waals surface area contributed by atoms with Crippen LogP contribution in [-0.4, -0.2) is 17.4 Å². The largest absolute Gasteiger partial charge is 0.487 e. The number of carbonyl (C=O) groups is 1. The van der Waals surface area contributed by atoms with Gasteiger partial charge in [0.05, 0.1) is 11.5 Å². The molecule has 0 aliphatic carbocycles. The second-order valence-corrected chi connectivity index (χ2v) is 5.35. The number of carbonyl (C=O) groups excluding carboxylic acids is 1. The van der Waals surface area contributed by atoms with Gasteiger partial charge in [-0.2, -0.15) is 0 Å². The van der Waals surface area contributed by atoms with Crippen LogP contribution in [0.15, 0.2) is 60.7 Å². The minimum Gasteiger partial charge on any atom is -0.487 e. The first-order valence-electron chi connectivity index (χ1n) is 7.80. The molecule has 0 atom stereocenters. The molecule has 3 aromatic rings. The van der Waals surface area contributed by atoms with Crippen LogP contribution in [0.1, 0.15) is 17.3 Å². The van der Waals surface area contributed by atoms with Crippen LogP contribution in [0.2, 0.25) is 0 Å². The van der Waals surface area contributed by atoms with E-state index in [0.717, 1.165) is 10.8 Å². The maximum absolute atomic E-state index is 12.5. The number of nitrogens with zero attached hydrogens (tertiary/aromatic N) is 1. The van der Waals surface area contributed by atoms with Crippen LogP contribution in [0.25, 0.3) is 10.8 Å². The van der Waals surface area contributed by atoms with Crippen LogP contribution < -0.4 is 10.1 Å². The summed E-state index contributed by atoms with van der Waals surface area (Å²) in [5, 5.41) is 15.9. The van der Waals surface area contributed by atoms with E-state index in [9.17, 15) is 14.9 Å². The van der Waals surface area contributed by atoms with Gasteiger partial charge in [-0.25, -0.2) is 0 Å². The maximum atomic E-state index is 12.5. The predicted molar refractivity (Wildman–Crippen MR) is 96.2 cm³/mol. The SMILES string of the molecule is CCOc1ccc(C(=O)Nc2cccc3ccccc23)cc1[N+](=O)[O-]. The molecule has 1 amide bonds. The monoisotopic (exact) mass is 336 g/mol. The molecule has 0 bridgehead atoms. The van der Waals surface area contributed by atoms with Gasteiger partial charge in [-0.05, 0) is 30.5 Å². The Hall–Kier alpha value is -3.41. The molecule has 25 heavy (non-hydrogen) atoms. The molecule has 6 nitrogen and oxygen atoms in total. The van der Waals surface area contributed by atoms with E-state index in [1.54, 1.807) is 13.0 Å². The fourth-order valence-electron chi connectivity index (χ4n) is 2.61. The zero-order valence-corrected chi connectivity index (χ0v) is 13.6. The van der Waals surface area contributed by atoms with Gasteiger partial charge in [0, 0.05) is 22.7 Å². The van der Waals surface area contributed by atoms with Crippen LogP contribution in [0, 0.1) is 10.1 Å². The Labute approximate surface area is 144 Å². The second kappa shape index (κ2) is 7.00. The van der Waals surface area contributed by atoms with Crippen LogP contribution in [0.5, 0.6) is 5.75 Å². The molecule has 6 heteroatoms. The van der Waals surface area contributed by atoms with E-state index < -0.39 is 10.8 Å². The number of rotatable bonds is 5. The van der Waals surface area contributed by atoms with Crippen molar-refractivity contribution in [1.29, 1.82) is 0 Å². The van der Waals surface area contributed by atoms with E-state index in [4.69, 9.17) is 4.74 Å². The number of hydrogen-bond acceptors (Lipinski definition) is 4. The van der Waals surface area contributed by atoms with E-state index in [1.807, 2.05) is 36.4 Å². The highest BCUT2D eigenvalue weighted by molar-refractivity contribution is 6.09. The summed E-state index contributed by atoms with van der Waals surface area (Å²) in [6, 6.07) is 17.4. The van der Waals surface area contributed by atoms with Gasteiger partial charge in [-0.3, -0.25) is 14.9 Å². The van der Waals surface area contributed by atoms with Gasteiger partial charge in [0.1, 0.15) is 0 Å². The molecule has 0 aromatic heterocycles. The molecule has 126 valence electrons. The van der Waals surface area contributed by atoms with Crippen molar-refractivity contribution in [2.75, 3.05) is 11.9 Å². The van der Waals surface area contributed by atoms with Gasteiger partial charge in [-0.1, -0.05) is 36.4 Å². The summed E-state index contributed by atoms with van der Waals surface area (Å²) in [5.41, 5.74) is 0.621. The Morgan fingerprint density at radius 1 is 1.12 bits per heavy atom. The Kier molecular flexibility index (Phi) is 4.61. The number of amides is 1. The lowest BCUT2D eigenvalue weighted by atomic mass is 10.1. The molecule has 0 saturated carbocycles. The normalized spacial score (nSPS) is 10.4. The number of hydrogen-bond donors (Lipinski definition) is 1. The summed E-state index contributed by atoms with van der Waals surface area (Å²) in [7, 11) is 0. The number of fused-ring (bicyclic) bond motifs is 1. The molecule has 0 unspecified atom stereocenters. The predicted octanol–water partition coefficient (Wildman–Crippen LogP) is 4.40. The minimum absolute atomic E-state index is 0.147. The zero-order valence-electron chi connectivity index (χ0n) is 13.6. The third-order valence-corrected chi connectivity index (χ3v) is 3.76. The molecule has 1 N–H and O–H groups in total. The summed E-state index contributed by atoms with van der Waals surface area (Å²) >= 11 is 0. The summed E-state index contributed by atoms with van der Waals surface area (Å²) in [5.74, 6) is -0.267. The molecule has 3 rings (SSSR count). The molecule has 0 spiro atoms. The van der Waals surface area contributed by atoms with Crippen molar-refractivity contribution < 1.29 is 14.5 Å². The lowest BCUT2D eigenvalue weighted by molar-refractivity contribution is -0.385. The lowest BCUT2D eigenvalue weighted by Gasteiger charge is -2.10. The van der Waals surface area contributed by atoms with Crippen LogP contribution in [0.3, 0.4) is 0 Å². The highest BCUT2D eigenvalue weighted by atomic mass is 16.6. The highest BCUT2D eigenvalue weighted by Gasteiger charge is 2.19. The van der Waals surface area contributed by atoms with Gasteiger partial charge < -0.3 is 10.1 Å². The first-order chi connectivity index (χ1) is 12.1. The van der Waals surface area contributed by atoms with E-state index in [1.165, 1.54) is 18.2 Å². The van der Waals surface area contributed by atoms with Crippen LogP contribution in [-0.2, 0) is 0 Å². The van der Waals surface area contributed by atoms with Crippen molar-refractivity contribution >= 4 is 28.1 Å². The summed E-state index contributed by atoms with van der Waals surface area (Å²) in [6.45, 7) is 2.05. The molecule has 0 heterocycles. The van der Waals surface area contributed by atoms with Crippen molar-refractivity contribution in [3.8, 4) is 5.75 Å². The van der Waals surface area contributed by atoms with Crippen LogP contribution >= 0.6 is 0 Å². The molecule has 0 fully saturated rings. The Bertz CT molecular complexity index is 948. The molecular weight excluding hydrogens is 320 g/mol. The Balaban J connectivity index is 1.93. The Morgan fingerprint density at radius 2 is 1.88 bits per heavy atom. The van der Waals surface area contributed by atoms with Crippen LogP contribution in [0.4, 0.5) is 11.4 Å². The number of ether oxygens (including phenoxy) is 1. The van der Waals surface area contributed by atoms with Crippen molar-refractivity contribution in [2.24, 2.45) is 0 Å². The summed E-state index contributed by atoms with van der Waals surface area (Å²) in [4.78, 5) is 23.2. The molecule has 3 aromatic carbocycles. The number of nitro groups is 1. The molecule has 0 aliphatic heterocycles. The fraction of sp³-hybridized carbons (Fsp3) is 0.105.